The number of benzene rings is 1. The number of ether oxygens (including phenoxy) is 1. The lowest BCUT2D eigenvalue weighted by Crippen LogP contribution is -2.49. The first kappa shape index (κ1) is 16.9. The molecule has 2 rings (SSSR count). The minimum Gasteiger partial charge on any atom is -0.381 e. The molecule has 1 atom stereocenters. The Morgan fingerprint density at radius 3 is 2.59 bits per heavy atom. The highest BCUT2D eigenvalue weighted by Gasteiger charge is 2.29. The fraction of sp³-hybridized carbons (Fsp3) is 0.588. The Labute approximate surface area is 131 Å². The van der Waals surface area contributed by atoms with E-state index in [4.69, 9.17) is 10.5 Å². The molecule has 2 N–H and O–H groups in total. The first-order chi connectivity index (χ1) is 10.6. The SMILES string of the molecule is CCCN(Cc1ccc(F)cc1)C(=O)C(N)C1CCOCC1. The molecule has 1 aromatic carbocycles. The summed E-state index contributed by atoms with van der Waals surface area (Å²) >= 11 is 0. The summed E-state index contributed by atoms with van der Waals surface area (Å²) in [6, 6.07) is 5.79. The topological polar surface area (TPSA) is 55.6 Å². The lowest BCUT2D eigenvalue weighted by atomic mass is 9.91. The highest BCUT2D eigenvalue weighted by atomic mass is 19.1. The number of nitrogens with two attached hydrogens (primary N) is 1. The van der Waals surface area contributed by atoms with Crippen LogP contribution in [0.4, 0.5) is 4.39 Å². The van der Waals surface area contributed by atoms with Gasteiger partial charge in [0.15, 0.2) is 0 Å². The number of carbonyl (C=O) groups excluding carboxylic acids is 1. The van der Waals surface area contributed by atoms with Gasteiger partial charge in [0.25, 0.3) is 0 Å². The Balaban J connectivity index is 2.02. The summed E-state index contributed by atoms with van der Waals surface area (Å²) in [4.78, 5) is 14.5. The molecule has 1 fully saturated rings. The zero-order valence-electron chi connectivity index (χ0n) is 13.1. The Morgan fingerprint density at radius 1 is 1.36 bits per heavy atom. The molecular formula is C17H25FN2O2. The molecule has 122 valence electrons. The van der Waals surface area contributed by atoms with Crippen LogP contribution >= 0.6 is 0 Å². The van der Waals surface area contributed by atoms with Gasteiger partial charge in [-0.15, -0.1) is 0 Å². The Bertz CT molecular complexity index is 472. The van der Waals surface area contributed by atoms with Gasteiger partial charge in [-0.1, -0.05) is 19.1 Å². The molecule has 1 amide bonds. The van der Waals surface area contributed by atoms with Crippen LogP contribution in [0.3, 0.4) is 0 Å². The number of carbonyl (C=O) groups is 1. The standard InChI is InChI=1S/C17H25FN2O2/c1-2-9-20(12-13-3-5-15(18)6-4-13)17(21)16(19)14-7-10-22-11-8-14/h3-6,14,16H,2,7-12,19H2,1H3. The van der Waals surface area contributed by atoms with Crippen LogP contribution in [-0.2, 0) is 16.1 Å². The van der Waals surface area contributed by atoms with E-state index in [9.17, 15) is 9.18 Å². The summed E-state index contributed by atoms with van der Waals surface area (Å²) in [6.07, 6.45) is 2.54. The van der Waals surface area contributed by atoms with Crippen molar-refractivity contribution in [2.45, 2.75) is 38.8 Å². The van der Waals surface area contributed by atoms with Gasteiger partial charge in [-0.25, -0.2) is 4.39 Å². The predicted molar refractivity (Wildman–Crippen MR) is 83.6 cm³/mol. The van der Waals surface area contributed by atoms with Crippen molar-refractivity contribution in [1.29, 1.82) is 0 Å². The first-order valence-corrected chi connectivity index (χ1v) is 7.98. The summed E-state index contributed by atoms with van der Waals surface area (Å²) in [5.41, 5.74) is 7.11. The molecule has 1 aliphatic rings. The summed E-state index contributed by atoms with van der Waals surface area (Å²) in [7, 11) is 0. The Kier molecular flexibility index (Phi) is 6.34. The Hall–Kier alpha value is -1.46. The second kappa shape index (κ2) is 8.25. The van der Waals surface area contributed by atoms with E-state index in [2.05, 4.69) is 0 Å². The molecule has 4 nitrogen and oxygen atoms in total. The molecule has 0 saturated carbocycles. The smallest absolute Gasteiger partial charge is 0.240 e. The normalized spacial score (nSPS) is 17.2. The molecule has 0 bridgehead atoms. The van der Waals surface area contributed by atoms with Crippen LogP contribution < -0.4 is 5.73 Å². The third kappa shape index (κ3) is 4.52. The largest absolute Gasteiger partial charge is 0.381 e. The molecule has 0 radical (unpaired) electrons. The quantitative estimate of drug-likeness (QED) is 0.877. The van der Waals surface area contributed by atoms with E-state index in [0.717, 1.165) is 24.8 Å². The van der Waals surface area contributed by atoms with Crippen molar-refractivity contribution in [3.63, 3.8) is 0 Å². The third-order valence-corrected chi connectivity index (χ3v) is 4.15. The average Bonchev–Trinajstić information content (AvgIpc) is 2.56. The van der Waals surface area contributed by atoms with Gasteiger partial charge in [0.2, 0.25) is 5.91 Å². The van der Waals surface area contributed by atoms with Gasteiger partial charge in [0.1, 0.15) is 5.82 Å². The number of hydrogen-bond donors (Lipinski definition) is 1. The van der Waals surface area contributed by atoms with Gasteiger partial charge in [0.05, 0.1) is 6.04 Å². The first-order valence-electron chi connectivity index (χ1n) is 7.98. The number of hydrogen-bond acceptors (Lipinski definition) is 3. The van der Waals surface area contributed by atoms with Crippen LogP contribution in [0.25, 0.3) is 0 Å². The summed E-state index contributed by atoms with van der Waals surface area (Å²) in [5.74, 6) is -0.0945. The van der Waals surface area contributed by atoms with Gasteiger partial charge in [-0.3, -0.25) is 4.79 Å². The van der Waals surface area contributed by atoms with E-state index in [1.807, 2.05) is 6.92 Å². The van der Waals surface area contributed by atoms with Crippen LogP contribution in [0.5, 0.6) is 0 Å². The van der Waals surface area contributed by atoms with Crippen molar-refractivity contribution in [3.8, 4) is 0 Å². The number of amides is 1. The molecular weight excluding hydrogens is 283 g/mol. The summed E-state index contributed by atoms with van der Waals surface area (Å²) in [5, 5.41) is 0. The fourth-order valence-corrected chi connectivity index (χ4v) is 2.83. The minimum absolute atomic E-state index is 0.0157. The van der Waals surface area contributed by atoms with Crippen molar-refractivity contribution in [1.82, 2.24) is 4.90 Å². The number of rotatable bonds is 6. The second-order valence-electron chi connectivity index (χ2n) is 5.86. The van der Waals surface area contributed by atoms with Crippen molar-refractivity contribution in [3.05, 3.63) is 35.6 Å². The highest BCUT2D eigenvalue weighted by molar-refractivity contribution is 5.82. The van der Waals surface area contributed by atoms with E-state index in [1.165, 1.54) is 12.1 Å². The van der Waals surface area contributed by atoms with Gasteiger partial charge >= 0.3 is 0 Å². The van der Waals surface area contributed by atoms with E-state index >= 15 is 0 Å². The summed E-state index contributed by atoms with van der Waals surface area (Å²) in [6.45, 7) is 4.52. The molecule has 1 saturated heterocycles. The lowest BCUT2D eigenvalue weighted by molar-refractivity contribution is -0.135. The highest BCUT2D eigenvalue weighted by Crippen LogP contribution is 2.20. The molecule has 1 aliphatic heterocycles. The van der Waals surface area contributed by atoms with E-state index in [-0.39, 0.29) is 17.6 Å². The van der Waals surface area contributed by atoms with Crippen LogP contribution in [0.1, 0.15) is 31.7 Å². The maximum Gasteiger partial charge on any atom is 0.240 e. The lowest BCUT2D eigenvalue weighted by Gasteiger charge is -2.31. The average molecular weight is 308 g/mol. The van der Waals surface area contributed by atoms with Crippen LogP contribution in [-0.4, -0.2) is 36.6 Å². The molecule has 1 heterocycles. The summed E-state index contributed by atoms with van der Waals surface area (Å²) < 4.78 is 18.3. The molecule has 0 spiro atoms. The van der Waals surface area contributed by atoms with Crippen LogP contribution in [0, 0.1) is 11.7 Å². The fourth-order valence-electron chi connectivity index (χ4n) is 2.83. The molecule has 0 aliphatic carbocycles. The number of nitrogens with zero attached hydrogens (tertiary/aromatic N) is 1. The van der Waals surface area contributed by atoms with E-state index in [1.54, 1.807) is 17.0 Å². The molecule has 1 unspecified atom stereocenters. The zero-order chi connectivity index (χ0) is 15.9. The second-order valence-corrected chi connectivity index (χ2v) is 5.86. The van der Waals surface area contributed by atoms with E-state index in [0.29, 0.717) is 26.3 Å². The van der Waals surface area contributed by atoms with Crippen molar-refractivity contribution in [2.24, 2.45) is 11.7 Å². The van der Waals surface area contributed by atoms with Crippen LogP contribution in [0.15, 0.2) is 24.3 Å². The number of halogens is 1. The molecule has 1 aromatic rings. The molecule has 0 aromatic heterocycles. The van der Waals surface area contributed by atoms with Gasteiger partial charge in [-0.05, 0) is 42.9 Å². The van der Waals surface area contributed by atoms with Gasteiger partial charge < -0.3 is 15.4 Å². The van der Waals surface area contributed by atoms with E-state index < -0.39 is 6.04 Å². The minimum atomic E-state index is -0.476. The van der Waals surface area contributed by atoms with Crippen molar-refractivity contribution < 1.29 is 13.9 Å². The third-order valence-electron chi connectivity index (χ3n) is 4.15. The molecule has 5 heteroatoms. The monoisotopic (exact) mass is 308 g/mol. The maximum atomic E-state index is 13.0. The van der Waals surface area contributed by atoms with Crippen LogP contribution in [0.2, 0.25) is 0 Å². The van der Waals surface area contributed by atoms with Crippen molar-refractivity contribution in [2.75, 3.05) is 19.8 Å². The maximum absolute atomic E-state index is 13.0. The van der Waals surface area contributed by atoms with Gasteiger partial charge in [0, 0.05) is 26.3 Å². The predicted octanol–water partition coefficient (Wildman–Crippen LogP) is 2.32. The molecule has 22 heavy (non-hydrogen) atoms. The van der Waals surface area contributed by atoms with Gasteiger partial charge in [-0.2, -0.15) is 0 Å². The Morgan fingerprint density at radius 2 is 2.00 bits per heavy atom. The zero-order valence-corrected chi connectivity index (χ0v) is 13.1. The van der Waals surface area contributed by atoms with Crippen molar-refractivity contribution >= 4 is 5.91 Å².